The van der Waals surface area contributed by atoms with Crippen molar-refractivity contribution in [2.24, 2.45) is 5.10 Å². The van der Waals surface area contributed by atoms with Gasteiger partial charge in [0.05, 0.1) is 12.8 Å². The van der Waals surface area contributed by atoms with Gasteiger partial charge in [0.1, 0.15) is 0 Å². The maximum atomic E-state index is 11.7. The van der Waals surface area contributed by atoms with Gasteiger partial charge in [0.25, 0.3) is 5.91 Å². The van der Waals surface area contributed by atoms with Crippen molar-refractivity contribution in [1.29, 1.82) is 0 Å². The largest absolute Gasteiger partial charge is 0.376 e. The van der Waals surface area contributed by atoms with E-state index >= 15 is 0 Å². The number of nitrogens with zero attached hydrogens (tertiary/aromatic N) is 1. The van der Waals surface area contributed by atoms with Crippen molar-refractivity contribution in [3.8, 4) is 0 Å². The molecule has 0 aliphatic carbocycles. The van der Waals surface area contributed by atoms with Crippen molar-refractivity contribution in [2.75, 3.05) is 11.9 Å². The summed E-state index contributed by atoms with van der Waals surface area (Å²) < 4.78 is 0. The molecule has 2 aromatic rings. The first kappa shape index (κ1) is 16.7. The lowest BCUT2D eigenvalue weighted by molar-refractivity contribution is -0.119. The smallest absolute Gasteiger partial charge is 0.259 e. The Kier molecular flexibility index (Phi) is 5.92. The van der Waals surface area contributed by atoms with Crippen LogP contribution in [0.4, 0.5) is 5.69 Å². The molecule has 1 amide bonds. The van der Waals surface area contributed by atoms with Crippen LogP contribution in [0.25, 0.3) is 0 Å². The summed E-state index contributed by atoms with van der Waals surface area (Å²) in [6.45, 7) is 6.52. The molecule has 2 N–H and O–H groups in total. The molecule has 4 nitrogen and oxygen atoms in total. The van der Waals surface area contributed by atoms with Gasteiger partial charge < -0.3 is 5.32 Å². The normalized spacial score (nSPS) is 11.0. The predicted molar refractivity (Wildman–Crippen MR) is 95.9 cm³/mol. The van der Waals surface area contributed by atoms with Gasteiger partial charge in [-0.2, -0.15) is 5.10 Å². The minimum atomic E-state index is -0.179. The highest BCUT2D eigenvalue weighted by atomic mass is 16.2. The second-order valence-electron chi connectivity index (χ2n) is 5.84. The number of aryl methyl sites for hydroxylation is 1. The molecular formula is C19H23N3O. The summed E-state index contributed by atoms with van der Waals surface area (Å²) in [5.41, 5.74) is 6.84. The Labute approximate surface area is 137 Å². The summed E-state index contributed by atoms with van der Waals surface area (Å²) in [6, 6.07) is 16.0. The third-order valence-corrected chi connectivity index (χ3v) is 3.48. The fourth-order valence-electron chi connectivity index (χ4n) is 2.12. The summed E-state index contributed by atoms with van der Waals surface area (Å²) in [7, 11) is 0. The number of rotatable bonds is 6. The topological polar surface area (TPSA) is 53.5 Å². The molecule has 0 radical (unpaired) electrons. The quantitative estimate of drug-likeness (QED) is 0.632. The summed E-state index contributed by atoms with van der Waals surface area (Å²) in [5, 5.41) is 7.05. The lowest BCUT2D eigenvalue weighted by Gasteiger charge is -2.06. The Morgan fingerprint density at radius 1 is 1.17 bits per heavy atom. The molecule has 2 aromatic carbocycles. The molecule has 0 heterocycles. The van der Waals surface area contributed by atoms with Gasteiger partial charge in [0.15, 0.2) is 0 Å². The van der Waals surface area contributed by atoms with Crippen LogP contribution in [0.2, 0.25) is 0 Å². The van der Waals surface area contributed by atoms with E-state index in [2.05, 4.69) is 41.8 Å². The molecule has 0 saturated heterocycles. The fourth-order valence-corrected chi connectivity index (χ4v) is 2.12. The number of hydrogen-bond donors (Lipinski definition) is 2. The van der Waals surface area contributed by atoms with Gasteiger partial charge in [-0.1, -0.05) is 50.2 Å². The van der Waals surface area contributed by atoms with Crippen LogP contribution in [-0.4, -0.2) is 18.7 Å². The molecule has 0 saturated carbocycles. The van der Waals surface area contributed by atoms with Crippen molar-refractivity contribution in [2.45, 2.75) is 26.7 Å². The van der Waals surface area contributed by atoms with Crippen LogP contribution in [0.15, 0.2) is 53.6 Å². The van der Waals surface area contributed by atoms with Crippen molar-refractivity contribution in [3.05, 3.63) is 65.2 Å². The number of hydrogen-bond acceptors (Lipinski definition) is 3. The van der Waals surface area contributed by atoms with E-state index in [1.165, 1.54) is 5.56 Å². The van der Waals surface area contributed by atoms with E-state index in [9.17, 15) is 4.79 Å². The van der Waals surface area contributed by atoms with E-state index in [4.69, 9.17) is 0 Å². The molecule has 4 heteroatoms. The van der Waals surface area contributed by atoms with Gasteiger partial charge in [0, 0.05) is 5.69 Å². The van der Waals surface area contributed by atoms with Gasteiger partial charge in [0.2, 0.25) is 0 Å². The van der Waals surface area contributed by atoms with Crippen LogP contribution in [0.3, 0.4) is 0 Å². The zero-order valence-electron chi connectivity index (χ0n) is 13.8. The van der Waals surface area contributed by atoms with E-state index < -0.39 is 0 Å². The third kappa shape index (κ3) is 5.58. The molecule has 0 spiro atoms. The highest BCUT2D eigenvalue weighted by Crippen LogP contribution is 2.13. The molecule has 0 aromatic heterocycles. The lowest BCUT2D eigenvalue weighted by atomic mass is 10.0. The zero-order chi connectivity index (χ0) is 16.7. The van der Waals surface area contributed by atoms with Gasteiger partial charge >= 0.3 is 0 Å². The number of hydrazone groups is 1. The Morgan fingerprint density at radius 3 is 2.57 bits per heavy atom. The van der Waals surface area contributed by atoms with Crippen LogP contribution in [0, 0.1) is 6.92 Å². The average Bonchev–Trinajstić information content (AvgIpc) is 2.53. The van der Waals surface area contributed by atoms with E-state index in [1.807, 2.05) is 43.3 Å². The van der Waals surface area contributed by atoms with E-state index in [1.54, 1.807) is 6.21 Å². The standard InChI is InChI=1S/C19H23N3O/c1-14(2)17-9-7-16(8-10-17)12-21-22-19(23)13-20-18-6-4-5-15(3)11-18/h4-12,14,20H,13H2,1-3H3,(H,22,23)/b21-12+. The Bertz CT molecular complexity index is 675. The van der Waals surface area contributed by atoms with Crippen LogP contribution < -0.4 is 10.7 Å². The van der Waals surface area contributed by atoms with Crippen LogP contribution >= 0.6 is 0 Å². The van der Waals surface area contributed by atoms with Crippen molar-refractivity contribution in [1.82, 2.24) is 5.43 Å². The minimum absolute atomic E-state index is 0.179. The lowest BCUT2D eigenvalue weighted by Crippen LogP contribution is -2.25. The molecule has 0 fully saturated rings. The van der Waals surface area contributed by atoms with E-state index in [-0.39, 0.29) is 12.5 Å². The first-order valence-electron chi connectivity index (χ1n) is 7.77. The van der Waals surface area contributed by atoms with Gasteiger partial charge in [-0.25, -0.2) is 5.43 Å². The molecule has 120 valence electrons. The second kappa shape index (κ2) is 8.13. The summed E-state index contributed by atoms with van der Waals surface area (Å²) in [4.78, 5) is 11.7. The monoisotopic (exact) mass is 309 g/mol. The number of nitrogens with one attached hydrogen (secondary N) is 2. The van der Waals surface area contributed by atoms with Gasteiger partial charge in [-0.15, -0.1) is 0 Å². The van der Waals surface area contributed by atoms with Gasteiger partial charge in [-0.05, 0) is 41.7 Å². The number of anilines is 1. The highest BCUT2D eigenvalue weighted by molar-refractivity contribution is 5.84. The first-order valence-corrected chi connectivity index (χ1v) is 7.77. The maximum absolute atomic E-state index is 11.7. The van der Waals surface area contributed by atoms with Crippen LogP contribution in [-0.2, 0) is 4.79 Å². The third-order valence-electron chi connectivity index (χ3n) is 3.48. The van der Waals surface area contributed by atoms with Gasteiger partial charge in [-0.3, -0.25) is 4.79 Å². The maximum Gasteiger partial charge on any atom is 0.259 e. The molecule has 0 bridgehead atoms. The highest BCUT2D eigenvalue weighted by Gasteiger charge is 2.00. The Balaban J connectivity index is 1.79. The molecule has 0 aliphatic rings. The number of benzene rings is 2. The minimum Gasteiger partial charge on any atom is -0.376 e. The summed E-state index contributed by atoms with van der Waals surface area (Å²) in [6.07, 6.45) is 1.65. The molecule has 0 atom stereocenters. The number of amides is 1. The molecular weight excluding hydrogens is 286 g/mol. The molecule has 0 unspecified atom stereocenters. The van der Waals surface area contributed by atoms with Crippen molar-refractivity contribution >= 4 is 17.8 Å². The molecule has 0 aliphatic heterocycles. The molecule has 2 rings (SSSR count). The predicted octanol–water partition coefficient (Wildman–Crippen LogP) is 3.68. The number of carbonyl (C=O) groups excluding carboxylic acids is 1. The Hall–Kier alpha value is -2.62. The van der Waals surface area contributed by atoms with Crippen molar-refractivity contribution < 1.29 is 4.79 Å². The SMILES string of the molecule is Cc1cccc(NCC(=O)N/N=C/c2ccc(C(C)C)cc2)c1. The fraction of sp³-hybridized carbons (Fsp3) is 0.263. The zero-order valence-corrected chi connectivity index (χ0v) is 13.8. The number of carbonyl (C=O) groups is 1. The first-order chi connectivity index (χ1) is 11.0. The Morgan fingerprint density at radius 2 is 1.91 bits per heavy atom. The average molecular weight is 309 g/mol. The van der Waals surface area contributed by atoms with E-state index in [0.29, 0.717) is 5.92 Å². The van der Waals surface area contributed by atoms with Crippen molar-refractivity contribution in [3.63, 3.8) is 0 Å². The summed E-state index contributed by atoms with van der Waals surface area (Å²) in [5.74, 6) is 0.329. The van der Waals surface area contributed by atoms with Crippen LogP contribution in [0.1, 0.15) is 36.5 Å². The van der Waals surface area contributed by atoms with Crippen LogP contribution in [0.5, 0.6) is 0 Å². The second-order valence-corrected chi connectivity index (χ2v) is 5.84. The summed E-state index contributed by atoms with van der Waals surface area (Å²) >= 11 is 0. The van der Waals surface area contributed by atoms with E-state index in [0.717, 1.165) is 16.8 Å². The molecule has 23 heavy (non-hydrogen) atoms.